The van der Waals surface area contributed by atoms with Gasteiger partial charge < -0.3 is 10.2 Å². The van der Waals surface area contributed by atoms with Crippen LogP contribution in [0.25, 0.3) is 0 Å². The Balaban J connectivity index is 1.42. The summed E-state index contributed by atoms with van der Waals surface area (Å²) in [6.07, 6.45) is 2.46. The summed E-state index contributed by atoms with van der Waals surface area (Å²) in [5.74, 6) is -0.173. The fraction of sp³-hybridized carbons (Fsp3) is 0.391. The fourth-order valence-corrected chi connectivity index (χ4v) is 5.26. The summed E-state index contributed by atoms with van der Waals surface area (Å²) in [5.41, 5.74) is 2.50. The smallest absolute Gasteiger partial charge is 0.243 e. The fourth-order valence-electron chi connectivity index (χ4n) is 3.96. The Morgan fingerprint density at radius 1 is 1.16 bits per heavy atom. The lowest BCUT2D eigenvalue weighted by Gasteiger charge is -2.23. The van der Waals surface area contributed by atoms with Crippen LogP contribution >= 0.6 is 11.6 Å². The van der Waals surface area contributed by atoms with E-state index >= 15 is 0 Å². The van der Waals surface area contributed by atoms with Crippen molar-refractivity contribution in [3.8, 4) is 0 Å². The van der Waals surface area contributed by atoms with Gasteiger partial charge in [-0.3, -0.25) is 9.59 Å². The van der Waals surface area contributed by atoms with E-state index in [1.807, 2.05) is 6.92 Å². The molecule has 7 nitrogen and oxygen atoms in total. The third kappa shape index (κ3) is 4.67. The number of hydrogen-bond donors (Lipinski definition) is 1. The standard InChI is InChI=1S/C23H26ClN3O4S/c1-15-11-18-12-20(9-10-21(18)27(15)23(29)17-5-6-17)32(30,31)26(2)14-22(28)25-13-16-3-7-19(24)8-4-16/h3-4,7-10,12,15,17H,5-6,11,13-14H2,1-2H3,(H,25,28)/t15-/m1/s1. The molecule has 0 spiro atoms. The zero-order chi connectivity index (χ0) is 23.0. The molecule has 1 aliphatic heterocycles. The van der Waals surface area contributed by atoms with E-state index in [1.165, 1.54) is 13.1 Å². The van der Waals surface area contributed by atoms with Crippen LogP contribution in [0.2, 0.25) is 5.02 Å². The van der Waals surface area contributed by atoms with E-state index in [1.54, 1.807) is 41.3 Å². The van der Waals surface area contributed by atoms with Crippen molar-refractivity contribution in [2.75, 3.05) is 18.5 Å². The van der Waals surface area contributed by atoms with Crippen molar-refractivity contribution in [2.45, 2.75) is 43.7 Å². The maximum atomic E-state index is 13.0. The van der Waals surface area contributed by atoms with Gasteiger partial charge in [-0.1, -0.05) is 23.7 Å². The highest BCUT2D eigenvalue weighted by Crippen LogP contribution is 2.39. The van der Waals surface area contributed by atoms with Gasteiger partial charge in [0.25, 0.3) is 0 Å². The van der Waals surface area contributed by atoms with Gasteiger partial charge in [0.2, 0.25) is 21.8 Å². The number of nitrogens with one attached hydrogen (secondary N) is 1. The maximum absolute atomic E-state index is 13.0. The number of fused-ring (bicyclic) bond motifs is 1. The number of likely N-dealkylation sites (N-methyl/N-ethyl adjacent to an activating group) is 1. The molecule has 2 aliphatic rings. The third-order valence-corrected chi connectivity index (χ3v) is 7.96. The molecule has 0 bridgehead atoms. The largest absolute Gasteiger partial charge is 0.351 e. The van der Waals surface area contributed by atoms with E-state index in [0.29, 0.717) is 11.4 Å². The first-order valence-electron chi connectivity index (χ1n) is 10.6. The second-order valence-electron chi connectivity index (χ2n) is 8.49. The molecule has 0 radical (unpaired) electrons. The molecule has 1 atom stereocenters. The van der Waals surface area contributed by atoms with Crippen LogP contribution in [-0.2, 0) is 32.6 Å². The van der Waals surface area contributed by atoms with Gasteiger partial charge in [-0.15, -0.1) is 0 Å². The van der Waals surface area contributed by atoms with E-state index in [4.69, 9.17) is 11.6 Å². The highest BCUT2D eigenvalue weighted by Gasteiger charge is 2.40. The minimum atomic E-state index is -3.85. The first-order valence-corrected chi connectivity index (χ1v) is 12.4. The third-order valence-electron chi connectivity index (χ3n) is 5.91. The van der Waals surface area contributed by atoms with Crippen molar-refractivity contribution in [1.29, 1.82) is 0 Å². The van der Waals surface area contributed by atoms with Crippen molar-refractivity contribution in [2.24, 2.45) is 5.92 Å². The number of rotatable bonds is 7. The van der Waals surface area contributed by atoms with Gasteiger partial charge in [-0.2, -0.15) is 4.31 Å². The molecule has 1 heterocycles. The second kappa shape index (κ2) is 8.84. The summed E-state index contributed by atoms with van der Waals surface area (Å²) < 4.78 is 27.1. The van der Waals surface area contributed by atoms with Crippen molar-refractivity contribution in [3.05, 3.63) is 58.6 Å². The first-order chi connectivity index (χ1) is 15.2. The molecular formula is C23H26ClN3O4S. The number of hydrogen-bond acceptors (Lipinski definition) is 4. The van der Waals surface area contributed by atoms with Crippen LogP contribution in [0.15, 0.2) is 47.4 Å². The molecule has 0 unspecified atom stereocenters. The van der Waals surface area contributed by atoms with Crippen LogP contribution < -0.4 is 10.2 Å². The molecular weight excluding hydrogens is 450 g/mol. The number of sulfonamides is 1. The zero-order valence-corrected chi connectivity index (χ0v) is 19.6. The molecule has 1 fully saturated rings. The molecule has 4 rings (SSSR count). The normalized spacial score (nSPS) is 18.0. The number of carbonyl (C=O) groups is 2. The van der Waals surface area contributed by atoms with E-state index in [-0.39, 0.29) is 35.9 Å². The van der Waals surface area contributed by atoms with Gasteiger partial charge in [-0.25, -0.2) is 8.42 Å². The Hall–Kier alpha value is -2.42. The minimum Gasteiger partial charge on any atom is -0.351 e. The Morgan fingerprint density at radius 3 is 2.50 bits per heavy atom. The molecule has 1 N–H and O–H groups in total. The van der Waals surface area contributed by atoms with Crippen LogP contribution in [0, 0.1) is 5.92 Å². The predicted molar refractivity (Wildman–Crippen MR) is 123 cm³/mol. The number of carbonyl (C=O) groups excluding carboxylic acids is 2. The Kier molecular flexibility index (Phi) is 6.29. The molecule has 2 amide bonds. The van der Waals surface area contributed by atoms with Gasteiger partial charge in [0.05, 0.1) is 11.4 Å². The van der Waals surface area contributed by atoms with Crippen LogP contribution in [0.4, 0.5) is 5.69 Å². The highest BCUT2D eigenvalue weighted by molar-refractivity contribution is 7.89. The molecule has 1 aliphatic carbocycles. The average Bonchev–Trinajstić information content (AvgIpc) is 3.54. The lowest BCUT2D eigenvalue weighted by Crippen LogP contribution is -2.38. The molecule has 2 aromatic rings. The topological polar surface area (TPSA) is 86.8 Å². The van der Waals surface area contributed by atoms with Gasteiger partial charge in [0.1, 0.15) is 0 Å². The number of halogens is 1. The molecule has 9 heteroatoms. The number of nitrogens with zero attached hydrogens (tertiary/aromatic N) is 2. The van der Waals surface area contributed by atoms with Crippen LogP contribution in [0.5, 0.6) is 0 Å². The molecule has 170 valence electrons. The quantitative estimate of drug-likeness (QED) is 0.667. The summed E-state index contributed by atoms with van der Waals surface area (Å²) in [7, 11) is -2.47. The highest BCUT2D eigenvalue weighted by atomic mass is 35.5. The van der Waals surface area contributed by atoms with Crippen LogP contribution in [-0.4, -0.2) is 44.2 Å². The number of amides is 2. The number of benzene rings is 2. The van der Waals surface area contributed by atoms with Crippen molar-refractivity contribution in [3.63, 3.8) is 0 Å². The summed E-state index contributed by atoms with van der Waals surface area (Å²) in [4.78, 5) is 26.8. The molecule has 0 saturated heterocycles. The molecule has 0 aromatic heterocycles. The van der Waals surface area contributed by atoms with Crippen LogP contribution in [0.3, 0.4) is 0 Å². The summed E-state index contributed by atoms with van der Waals surface area (Å²) in [6, 6.07) is 11.9. The summed E-state index contributed by atoms with van der Waals surface area (Å²) in [5, 5.41) is 3.33. The van der Waals surface area contributed by atoms with Crippen molar-refractivity contribution in [1.82, 2.24) is 9.62 Å². The Bertz CT molecular complexity index is 1150. The number of anilines is 1. The summed E-state index contributed by atoms with van der Waals surface area (Å²) in [6.45, 7) is 1.97. The zero-order valence-electron chi connectivity index (χ0n) is 18.0. The molecule has 1 saturated carbocycles. The Morgan fingerprint density at radius 2 is 1.84 bits per heavy atom. The summed E-state index contributed by atoms with van der Waals surface area (Å²) >= 11 is 5.85. The van der Waals surface area contributed by atoms with E-state index in [2.05, 4.69) is 5.32 Å². The van der Waals surface area contributed by atoms with Gasteiger partial charge >= 0.3 is 0 Å². The van der Waals surface area contributed by atoms with Gasteiger partial charge in [0, 0.05) is 36.3 Å². The van der Waals surface area contributed by atoms with Gasteiger partial charge in [0.15, 0.2) is 0 Å². The second-order valence-corrected chi connectivity index (χ2v) is 11.0. The van der Waals surface area contributed by atoms with Gasteiger partial charge in [-0.05, 0) is 67.6 Å². The average molecular weight is 476 g/mol. The molecule has 2 aromatic carbocycles. The van der Waals surface area contributed by atoms with E-state index in [0.717, 1.165) is 34.0 Å². The van der Waals surface area contributed by atoms with E-state index in [9.17, 15) is 18.0 Å². The minimum absolute atomic E-state index is 0.00688. The SMILES string of the molecule is C[C@@H]1Cc2cc(S(=O)(=O)N(C)CC(=O)NCc3ccc(Cl)cc3)ccc2N1C(=O)C1CC1. The predicted octanol–water partition coefficient (Wildman–Crippen LogP) is 2.96. The van der Waals surface area contributed by atoms with E-state index < -0.39 is 15.9 Å². The lowest BCUT2D eigenvalue weighted by molar-refractivity contribution is -0.121. The first kappa shape index (κ1) is 22.8. The Labute approximate surface area is 193 Å². The maximum Gasteiger partial charge on any atom is 0.243 e. The van der Waals surface area contributed by atoms with Crippen molar-refractivity contribution >= 4 is 39.1 Å². The lowest BCUT2D eigenvalue weighted by atomic mass is 10.1. The molecule has 32 heavy (non-hydrogen) atoms. The van der Waals surface area contributed by atoms with Crippen LogP contribution in [0.1, 0.15) is 30.9 Å². The van der Waals surface area contributed by atoms with Crippen molar-refractivity contribution < 1.29 is 18.0 Å². The monoisotopic (exact) mass is 475 g/mol.